The molecule has 1 aromatic carbocycles. The standard InChI is InChI=1S/C22H25N7O/c1-16-14-21(27-26-16)24-20-15-22(29-12-10-28(11-13-29)17(2)30)25-19(23-20)9-8-18-6-4-3-5-7-18/h3-9,14-15H,10-13H2,1-2H3,(H2,23,24,25,26,27)/b9-8+. The van der Waals surface area contributed by atoms with Crippen LogP contribution >= 0.6 is 0 Å². The Morgan fingerprint density at radius 1 is 1.03 bits per heavy atom. The fraction of sp³-hybridized carbons (Fsp3) is 0.273. The maximum Gasteiger partial charge on any atom is 0.219 e. The number of aromatic nitrogens is 4. The van der Waals surface area contributed by atoms with E-state index in [1.54, 1.807) is 6.92 Å². The molecule has 0 atom stereocenters. The van der Waals surface area contributed by atoms with E-state index in [4.69, 9.17) is 4.98 Å². The Bertz CT molecular complexity index is 1040. The van der Waals surface area contributed by atoms with E-state index in [0.717, 1.165) is 30.2 Å². The van der Waals surface area contributed by atoms with Crippen molar-refractivity contribution in [3.05, 3.63) is 59.5 Å². The van der Waals surface area contributed by atoms with E-state index in [1.165, 1.54) is 0 Å². The molecule has 30 heavy (non-hydrogen) atoms. The Morgan fingerprint density at radius 2 is 1.80 bits per heavy atom. The molecule has 0 bridgehead atoms. The number of amides is 1. The van der Waals surface area contributed by atoms with Crippen LogP contribution in [-0.2, 0) is 4.79 Å². The summed E-state index contributed by atoms with van der Waals surface area (Å²) < 4.78 is 0. The number of carbonyl (C=O) groups excluding carboxylic acids is 1. The van der Waals surface area contributed by atoms with Crippen molar-refractivity contribution in [2.45, 2.75) is 13.8 Å². The van der Waals surface area contributed by atoms with Crippen LogP contribution in [0.4, 0.5) is 17.5 Å². The number of hydrogen-bond donors (Lipinski definition) is 2. The average Bonchev–Trinajstić information content (AvgIpc) is 3.17. The fourth-order valence-electron chi connectivity index (χ4n) is 3.35. The lowest BCUT2D eigenvalue weighted by molar-refractivity contribution is -0.129. The first kappa shape index (κ1) is 19.6. The predicted molar refractivity (Wildman–Crippen MR) is 118 cm³/mol. The quantitative estimate of drug-likeness (QED) is 0.680. The average molecular weight is 403 g/mol. The van der Waals surface area contributed by atoms with Crippen molar-refractivity contribution in [3.8, 4) is 0 Å². The summed E-state index contributed by atoms with van der Waals surface area (Å²) in [5.74, 6) is 2.93. The second-order valence-corrected chi connectivity index (χ2v) is 7.27. The molecule has 1 saturated heterocycles. The number of benzene rings is 1. The molecule has 0 aliphatic carbocycles. The summed E-state index contributed by atoms with van der Waals surface area (Å²) >= 11 is 0. The zero-order valence-electron chi connectivity index (χ0n) is 17.2. The first-order valence-corrected chi connectivity index (χ1v) is 9.98. The highest BCUT2D eigenvalue weighted by Gasteiger charge is 2.20. The van der Waals surface area contributed by atoms with Gasteiger partial charge in [0.05, 0.1) is 0 Å². The van der Waals surface area contributed by atoms with Crippen LogP contribution in [-0.4, -0.2) is 57.2 Å². The number of aryl methyl sites for hydroxylation is 1. The fourth-order valence-corrected chi connectivity index (χ4v) is 3.35. The normalized spacial score (nSPS) is 14.3. The number of rotatable bonds is 5. The van der Waals surface area contributed by atoms with Gasteiger partial charge in [0, 0.05) is 50.9 Å². The molecule has 1 amide bonds. The number of hydrogen-bond acceptors (Lipinski definition) is 6. The summed E-state index contributed by atoms with van der Waals surface area (Å²) in [5, 5.41) is 10.4. The number of anilines is 3. The van der Waals surface area contributed by atoms with Crippen LogP contribution in [0, 0.1) is 6.92 Å². The highest BCUT2D eigenvalue weighted by Crippen LogP contribution is 2.21. The van der Waals surface area contributed by atoms with Crippen LogP contribution < -0.4 is 10.2 Å². The number of nitrogens with one attached hydrogen (secondary N) is 2. The number of H-pyrrole nitrogens is 1. The van der Waals surface area contributed by atoms with Crippen molar-refractivity contribution < 1.29 is 4.79 Å². The van der Waals surface area contributed by atoms with Crippen molar-refractivity contribution in [2.75, 3.05) is 36.4 Å². The monoisotopic (exact) mass is 403 g/mol. The van der Waals surface area contributed by atoms with Gasteiger partial charge >= 0.3 is 0 Å². The Morgan fingerprint density at radius 3 is 2.47 bits per heavy atom. The third-order valence-corrected chi connectivity index (χ3v) is 4.97. The van der Waals surface area contributed by atoms with Gasteiger partial charge in [-0.25, -0.2) is 9.97 Å². The third-order valence-electron chi connectivity index (χ3n) is 4.97. The van der Waals surface area contributed by atoms with Crippen LogP contribution in [0.3, 0.4) is 0 Å². The lowest BCUT2D eigenvalue weighted by Crippen LogP contribution is -2.48. The Labute approximate surface area is 175 Å². The molecular formula is C22H25N7O. The highest BCUT2D eigenvalue weighted by atomic mass is 16.2. The van der Waals surface area contributed by atoms with E-state index < -0.39 is 0 Å². The molecule has 8 heteroatoms. The first-order valence-electron chi connectivity index (χ1n) is 9.98. The van der Waals surface area contributed by atoms with Gasteiger partial charge in [0.2, 0.25) is 5.91 Å². The van der Waals surface area contributed by atoms with E-state index in [1.807, 2.05) is 66.4 Å². The van der Waals surface area contributed by atoms with E-state index in [0.29, 0.717) is 30.5 Å². The van der Waals surface area contributed by atoms with E-state index in [-0.39, 0.29) is 5.91 Å². The molecule has 154 valence electrons. The molecule has 0 saturated carbocycles. The Balaban J connectivity index is 1.60. The molecule has 1 fully saturated rings. The summed E-state index contributed by atoms with van der Waals surface area (Å²) in [6, 6.07) is 13.9. The highest BCUT2D eigenvalue weighted by molar-refractivity contribution is 5.73. The van der Waals surface area contributed by atoms with Crippen molar-refractivity contribution in [1.29, 1.82) is 0 Å². The van der Waals surface area contributed by atoms with Crippen LogP contribution in [0.1, 0.15) is 24.0 Å². The van der Waals surface area contributed by atoms with Gasteiger partial charge in [-0.3, -0.25) is 9.89 Å². The Kier molecular flexibility index (Phi) is 5.74. The van der Waals surface area contributed by atoms with Crippen molar-refractivity contribution >= 4 is 35.5 Å². The molecule has 0 unspecified atom stereocenters. The van der Waals surface area contributed by atoms with Gasteiger partial charge in [-0.2, -0.15) is 5.10 Å². The maximum absolute atomic E-state index is 11.6. The number of aromatic amines is 1. The van der Waals surface area contributed by atoms with E-state index >= 15 is 0 Å². The summed E-state index contributed by atoms with van der Waals surface area (Å²) in [6.07, 6.45) is 3.90. The lowest BCUT2D eigenvalue weighted by Gasteiger charge is -2.35. The Hall–Kier alpha value is -3.68. The van der Waals surface area contributed by atoms with Gasteiger partial charge in [0.1, 0.15) is 11.6 Å². The molecule has 2 aromatic heterocycles. The van der Waals surface area contributed by atoms with Gasteiger partial charge in [-0.15, -0.1) is 0 Å². The van der Waals surface area contributed by atoms with Crippen LogP contribution in [0.2, 0.25) is 0 Å². The summed E-state index contributed by atoms with van der Waals surface area (Å²) in [4.78, 5) is 25.1. The van der Waals surface area contributed by atoms with Crippen LogP contribution in [0.5, 0.6) is 0 Å². The van der Waals surface area contributed by atoms with Gasteiger partial charge in [-0.05, 0) is 18.6 Å². The summed E-state index contributed by atoms with van der Waals surface area (Å²) in [5.41, 5.74) is 2.05. The number of nitrogens with zero attached hydrogens (tertiary/aromatic N) is 5. The van der Waals surface area contributed by atoms with Gasteiger partial charge in [0.15, 0.2) is 11.6 Å². The second-order valence-electron chi connectivity index (χ2n) is 7.27. The summed E-state index contributed by atoms with van der Waals surface area (Å²) in [7, 11) is 0. The van der Waals surface area contributed by atoms with Crippen molar-refractivity contribution in [1.82, 2.24) is 25.1 Å². The molecule has 1 aliphatic heterocycles. The number of piperazine rings is 1. The second kappa shape index (κ2) is 8.77. The first-order chi connectivity index (χ1) is 14.6. The van der Waals surface area contributed by atoms with Gasteiger partial charge < -0.3 is 15.1 Å². The van der Waals surface area contributed by atoms with Gasteiger partial charge in [-0.1, -0.05) is 36.4 Å². The largest absolute Gasteiger partial charge is 0.353 e. The molecule has 0 radical (unpaired) electrons. The third kappa shape index (κ3) is 4.83. The molecule has 3 heterocycles. The molecule has 0 spiro atoms. The van der Waals surface area contributed by atoms with E-state index in [9.17, 15) is 4.79 Å². The van der Waals surface area contributed by atoms with E-state index in [2.05, 4.69) is 25.4 Å². The van der Waals surface area contributed by atoms with Crippen molar-refractivity contribution in [3.63, 3.8) is 0 Å². The molecule has 2 N–H and O–H groups in total. The maximum atomic E-state index is 11.6. The van der Waals surface area contributed by atoms with Crippen LogP contribution in [0.15, 0.2) is 42.5 Å². The molecular weight excluding hydrogens is 378 g/mol. The predicted octanol–water partition coefficient (Wildman–Crippen LogP) is 3.09. The minimum atomic E-state index is 0.111. The molecule has 3 aromatic rings. The minimum Gasteiger partial charge on any atom is -0.353 e. The molecule has 4 rings (SSSR count). The minimum absolute atomic E-state index is 0.111. The molecule has 8 nitrogen and oxygen atoms in total. The SMILES string of the molecule is CC(=O)N1CCN(c2cc(Nc3cc(C)[nH]n3)nc(/C=C/c3ccccc3)n2)CC1. The molecule has 1 aliphatic rings. The number of carbonyl (C=O) groups is 1. The smallest absolute Gasteiger partial charge is 0.219 e. The zero-order valence-corrected chi connectivity index (χ0v) is 17.2. The van der Waals surface area contributed by atoms with Crippen LogP contribution in [0.25, 0.3) is 12.2 Å². The lowest BCUT2D eigenvalue weighted by atomic mass is 10.2. The van der Waals surface area contributed by atoms with Gasteiger partial charge in [0.25, 0.3) is 0 Å². The summed E-state index contributed by atoms with van der Waals surface area (Å²) in [6.45, 7) is 6.41. The topological polar surface area (TPSA) is 90.0 Å². The van der Waals surface area contributed by atoms with Crippen molar-refractivity contribution in [2.24, 2.45) is 0 Å². The zero-order chi connectivity index (χ0) is 20.9.